The van der Waals surface area contributed by atoms with Crippen LogP contribution in [-0.4, -0.2) is 30.2 Å². The van der Waals surface area contributed by atoms with Crippen molar-refractivity contribution in [3.05, 3.63) is 40.8 Å². The van der Waals surface area contributed by atoms with Crippen LogP contribution in [0.25, 0.3) is 0 Å². The minimum Gasteiger partial charge on any atom is -0.465 e. The van der Waals surface area contributed by atoms with E-state index in [0.717, 1.165) is 10.5 Å². The second kappa shape index (κ2) is 6.98. The van der Waals surface area contributed by atoms with E-state index < -0.39 is 29.9 Å². The van der Waals surface area contributed by atoms with Crippen molar-refractivity contribution in [1.29, 1.82) is 0 Å². The summed E-state index contributed by atoms with van der Waals surface area (Å²) in [4.78, 5) is 24.5. The molecule has 7 nitrogen and oxygen atoms in total. The van der Waals surface area contributed by atoms with Crippen molar-refractivity contribution in [2.75, 3.05) is 23.4 Å². The summed E-state index contributed by atoms with van der Waals surface area (Å²) in [5.74, 6) is -5.24. The Balaban J connectivity index is 1.84. The summed E-state index contributed by atoms with van der Waals surface area (Å²) in [6, 6.07) is 4.18. The quantitative estimate of drug-likeness (QED) is 0.777. The number of aromatic nitrogens is 1. The molecule has 3 rings (SSSR count). The lowest BCUT2D eigenvalue weighted by atomic mass is 10.1. The highest BCUT2D eigenvalue weighted by Gasteiger charge is 2.53. The lowest BCUT2D eigenvalue weighted by Gasteiger charge is -2.16. The van der Waals surface area contributed by atoms with Gasteiger partial charge in [-0.2, -0.15) is 8.78 Å². The summed E-state index contributed by atoms with van der Waals surface area (Å²) in [5.41, 5.74) is 1.52. The summed E-state index contributed by atoms with van der Waals surface area (Å²) in [5, 5.41) is 6.87. The molecule has 0 saturated carbocycles. The van der Waals surface area contributed by atoms with Crippen LogP contribution < -0.4 is 10.2 Å². The fourth-order valence-corrected chi connectivity index (χ4v) is 2.96. The molecule has 2 aromatic rings. The van der Waals surface area contributed by atoms with Crippen molar-refractivity contribution in [3.63, 3.8) is 0 Å². The Morgan fingerprint density at radius 2 is 2.11 bits per heavy atom. The van der Waals surface area contributed by atoms with Gasteiger partial charge in [0.05, 0.1) is 23.6 Å². The van der Waals surface area contributed by atoms with E-state index in [4.69, 9.17) is 9.26 Å². The van der Waals surface area contributed by atoms with Crippen molar-refractivity contribution in [1.82, 2.24) is 5.16 Å². The molecule has 1 aliphatic heterocycles. The van der Waals surface area contributed by atoms with Gasteiger partial charge >= 0.3 is 17.8 Å². The summed E-state index contributed by atoms with van der Waals surface area (Å²) < 4.78 is 38.7. The molecule has 1 aliphatic rings. The topological polar surface area (TPSA) is 84.7 Å². The van der Waals surface area contributed by atoms with E-state index in [1.807, 2.05) is 0 Å². The smallest absolute Gasteiger partial charge is 0.352 e. The van der Waals surface area contributed by atoms with Gasteiger partial charge < -0.3 is 14.6 Å². The maximum atomic E-state index is 14.4. The van der Waals surface area contributed by atoms with Crippen LogP contribution in [0.1, 0.15) is 29.5 Å². The number of alkyl halides is 2. The average molecular weight is 379 g/mol. The van der Waals surface area contributed by atoms with Gasteiger partial charge in [0.2, 0.25) is 0 Å². The van der Waals surface area contributed by atoms with Crippen LogP contribution >= 0.6 is 0 Å². The number of carbonyl (C=O) groups is 2. The van der Waals surface area contributed by atoms with Gasteiger partial charge in [-0.25, -0.2) is 0 Å². The summed E-state index contributed by atoms with van der Waals surface area (Å²) >= 11 is 0. The first-order valence-corrected chi connectivity index (χ1v) is 8.41. The lowest BCUT2D eigenvalue weighted by Crippen LogP contribution is -2.38. The molecule has 144 valence electrons. The predicted molar refractivity (Wildman–Crippen MR) is 92.6 cm³/mol. The van der Waals surface area contributed by atoms with Crippen LogP contribution in [0.5, 0.6) is 0 Å². The van der Waals surface area contributed by atoms with Crippen molar-refractivity contribution >= 4 is 23.3 Å². The van der Waals surface area contributed by atoms with E-state index in [1.54, 1.807) is 26.8 Å². The molecule has 27 heavy (non-hydrogen) atoms. The summed E-state index contributed by atoms with van der Waals surface area (Å²) in [7, 11) is 0. The zero-order valence-electron chi connectivity index (χ0n) is 15.1. The largest absolute Gasteiger partial charge is 0.465 e. The summed E-state index contributed by atoms with van der Waals surface area (Å²) in [6.07, 6.45) is 0. The average Bonchev–Trinajstić information content (AvgIpc) is 3.03. The number of esters is 1. The number of anilines is 2. The van der Waals surface area contributed by atoms with E-state index in [9.17, 15) is 18.4 Å². The Bertz CT molecular complexity index is 875. The highest BCUT2D eigenvalue weighted by Crippen LogP contribution is 2.45. The molecule has 0 spiro atoms. The van der Waals surface area contributed by atoms with Gasteiger partial charge in [-0.15, -0.1) is 0 Å². The fourth-order valence-electron chi connectivity index (χ4n) is 2.96. The first-order chi connectivity index (χ1) is 12.8. The number of aryl methyl sites for hydroxylation is 2. The van der Waals surface area contributed by atoms with Gasteiger partial charge in [0.1, 0.15) is 12.3 Å². The van der Waals surface area contributed by atoms with Gasteiger partial charge in [-0.1, -0.05) is 5.16 Å². The first-order valence-electron chi connectivity index (χ1n) is 8.41. The molecular formula is C18H19F2N3O4. The van der Waals surface area contributed by atoms with E-state index in [0.29, 0.717) is 23.7 Å². The maximum absolute atomic E-state index is 14.4. The molecule has 2 heterocycles. The van der Waals surface area contributed by atoms with E-state index >= 15 is 0 Å². The second-order valence-electron chi connectivity index (χ2n) is 6.16. The van der Waals surface area contributed by atoms with Gasteiger partial charge in [-0.05, 0) is 39.0 Å². The van der Waals surface area contributed by atoms with Crippen LogP contribution in [0.4, 0.5) is 20.2 Å². The molecule has 0 bridgehead atoms. The van der Waals surface area contributed by atoms with Crippen molar-refractivity contribution in [2.45, 2.75) is 33.2 Å². The number of hydrogen-bond donors (Lipinski definition) is 1. The van der Waals surface area contributed by atoms with Crippen LogP contribution in [-0.2, 0) is 26.8 Å². The number of amides is 1. The molecule has 1 aromatic carbocycles. The van der Waals surface area contributed by atoms with E-state index in [2.05, 4.69) is 10.5 Å². The fraction of sp³-hybridized carbons (Fsp3) is 0.389. The Kier molecular flexibility index (Phi) is 4.86. The second-order valence-corrected chi connectivity index (χ2v) is 6.16. The number of rotatable bonds is 6. The first kappa shape index (κ1) is 18.8. The number of carbonyl (C=O) groups excluding carboxylic acids is 2. The monoisotopic (exact) mass is 379 g/mol. The van der Waals surface area contributed by atoms with Crippen molar-refractivity contribution in [3.8, 4) is 0 Å². The van der Waals surface area contributed by atoms with Gasteiger partial charge in [0, 0.05) is 17.8 Å². The normalized spacial score (nSPS) is 15.0. The summed E-state index contributed by atoms with van der Waals surface area (Å²) in [6.45, 7) is 5.04. The Morgan fingerprint density at radius 1 is 1.37 bits per heavy atom. The zero-order valence-corrected chi connectivity index (χ0v) is 15.1. The molecule has 1 amide bonds. The standard InChI is InChI=1S/C18H19F2N3O4/c1-4-26-16(24)9-23-15-6-5-12(7-14(15)18(19,20)17(23)25)21-8-13-10(2)22-27-11(13)3/h5-7,21H,4,8-9H2,1-3H3. The Morgan fingerprint density at radius 3 is 2.74 bits per heavy atom. The molecule has 1 N–H and O–H groups in total. The molecule has 0 aliphatic carbocycles. The molecule has 0 saturated heterocycles. The van der Waals surface area contributed by atoms with Crippen molar-refractivity contribution < 1.29 is 27.6 Å². The van der Waals surface area contributed by atoms with Crippen LogP contribution in [0.15, 0.2) is 22.7 Å². The highest BCUT2D eigenvalue weighted by atomic mass is 19.3. The third-order valence-electron chi connectivity index (χ3n) is 4.38. The lowest BCUT2D eigenvalue weighted by molar-refractivity contribution is -0.146. The number of fused-ring (bicyclic) bond motifs is 1. The molecule has 9 heteroatoms. The van der Waals surface area contributed by atoms with Crippen LogP contribution in [0.3, 0.4) is 0 Å². The van der Waals surface area contributed by atoms with E-state index in [-0.39, 0.29) is 12.3 Å². The molecule has 0 radical (unpaired) electrons. The van der Waals surface area contributed by atoms with Crippen LogP contribution in [0, 0.1) is 13.8 Å². The zero-order chi connectivity index (χ0) is 19.8. The number of hydrogen-bond acceptors (Lipinski definition) is 6. The molecule has 0 fully saturated rings. The SMILES string of the molecule is CCOC(=O)CN1C(=O)C(F)(F)c2cc(NCc3c(C)noc3C)ccc21. The molecule has 0 atom stereocenters. The highest BCUT2D eigenvalue weighted by molar-refractivity contribution is 6.08. The third-order valence-corrected chi connectivity index (χ3v) is 4.38. The minimum atomic E-state index is -3.71. The number of nitrogens with zero attached hydrogens (tertiary/aromatic N) is 2. The van der Waals surface area contributed by atoms with Crippen LogP contribution in [0.2, 0.25) is 0 Å². The number of ether oxygens (including phenoxy) is 1. The molecule has 1 aromatic heterocycles. The van der Waals surface area contributed by atoms with Gasteiger partial charge in [0.15, 0.2) is 0 Å². The maximum Gasteiger partial charge on any atom is 0.352 e. The predicted octanol–water partition coefficient (Wildman–Crippen LogP) is 2.91. The number of halogens is 2. The molecule has 0 unspecified atom stereocenters. The third kappa shape index (κ3) is 3.36. The Labute approximate surface area is 154 Å². The van der Waals surface area contributed by atoms with E-state index in [1.165, 1.54) is 12.1 Å². The Hall–Kier alpha value is -2.97. The van der Waals surface area contributed by atoms with Gasteiger partial charge in [0.25, 0.3) is 0 Å². The van der Waals surface area contributed by atoms with Gasteiger partial charge in [-0.3, -0.25) is 14.5 Å². The number of benzene rings is 1. The molecular weight excluding hydrogens is 360 g/mol. The minimum absolute atomic E-state index is 0.000872. The van der Waals surface area contributed by atoms with Crippen molar-refractivity contribution in [2.24, 2.45) is 0 Å². The number of nitrogens with one attached hydrogen (secondary N) is 1.